The summed E-state index contributed by atoms with van der Waals surface area (Å²) in [7, 11) is -3.74. The molecule has 1 aromatic rings. The molecule has 0 unspecified atom stereocenters. The van der Waals surface area contributed by atoms with Crippen molar-refractivity contribution in [3.05, 3.63) is 28.3 Å². The molecule has 24 heavy (non-hydrogen) atoms. The SMILES string of the molecule is C[C@H]1CCCN(S(=O)(=O)c2ccc(NCCC#N)c([N+](=O)[O-])c2)C1. The summed E-state index contributed by atoms with van der Waals surface area (Å²) < 4.78 is 26.8. The predicted molar refractivity (Wildman–Crippen MR) is 89.0 cm³/mol. The Labute approximate surface area is 141 Å². The molecule has 130 valence electrons. The summed E-state index contributed by atoms with van der Waals surface area (Å²) in [6.07, 6.45) is 1.97. The molecule has 2 rings (SSSR count). The van der Waals surface area contributed by atoms with Gasteiger partial charge in [-0.05, 0) is 30.9 Å². The van der Waals surface area contributed by atoms with Gasteiger partial charge >= 0.3 is 0 Å². The maximum absolute atomic E-state index is 12.7. The van der Waals surface area contributed by atoms with Crippen LogP contribution in [0.25, 0.3) is 0 Å². The van der Waals surface area contributed by atoms with E-state index in [9.17, 15) is 18.5 Å². The molecule has 0 spiro atoms. The summed E-state index contributed by atoms with van der Waals surface area (Å²) in [6.45, 7) is 3.11. The van der Waals surface area contributed by atoms with Crippen LogP contribution in [0, 0.1) is 27.4 Å². The van der Waals surface area contributed by atoms with Crippen molar-refractivity contribution < 1.29 is 13.3 Å². The minimum absolute atomic E-state index is 0.0749. The van der Waals surface area contributed by atoms with E-state index < -0.39 is 14.9 Å². The quantitative estimate of drug-likeness (QED) is 0.477. The van der Waals surface area contributed by atoms with Crippen molar-refractivity contribution in [3.8, 4) is 6.07 Å². The lowest BCUT2D eigenvalue weighted by molar-refractivity contribution is -0.384. The van der Waals surface area contributed by atoms with Crippen LogP contribution in [0.1, 0.15) is 26.2 Å². The Kier molecular flexibility index (Phi) is 5.75. The molecule has 0 radical (unpaired) electrons. The van der Waals surface area contributed by atoms with Crippen molar-refractivity contribution in [1.29, 1.82) is 5.26 Å². The average molecular weight is 352 g/mol. The molecule has 1 aliphatic heterocycles. The van der Waals surface area contributed by atoms with Crippen LogP contribution in [0.5, 0.6) is 0 Å². The Hall–Kier alpha value is -2.18. The molecule has 8 nitrogen and oxygen atoms in total. The van der Waals surface area contributed by atoms with Gasteiger partial charge in [-0.25, -0.2) is 8.42 Å². The third-order valence-corrected chi connectivity index (χ3v) is 5.84. The molecule has 0 bridgehead atoms. The van der Waals surface area contributed by atoms with Gasteiger partial charge in [-0.1, -0.05) is 6.92 Å². The predicted octanol–water partition coefficient (Wildman–Crippen LogP) is 2.34. The second kappa shape index (κ2) is 7.59. The molecule has 1 N–H and O–H groups in total. The maximum atomic E-state index is 12.7. The number of sulfonamides is 1. The highest BCUT2D eigenvalue weighted by Gasteiger charge is 2.30. The van der Waals surface area contributed by atoms with Crippen molar-refractivity contribution in [1.82, 2.24) is 4.31 Å². The standard InChI is InChI=1S/C15H20N4O4S/c1-12-4-2-9-18(11-12)24(22,23)13-5-6-14(17-8-3-7-16)15(10-13)19(20)21/h5-6,10,12,17H,2-4,8-9,11H2,1H3/t12-/m0/s1. The first-order chi connectivity index (χ1) is 11.4. The highest BCUT2D eigenvalue weighted by atomic mass is 32.2. The van der Waals surface area contributed by atoms with Gasteiger partial charge in [0.25, 0.3) is 5.69 Å². The van der Waals surface area contributed by atoms with Crippen molar-refractivity contribution in [2.75, 3.05) is 25.0 Å². The van der Waals surface area contributed by atoms with Gasteiger partial charge in [0.15, 0.2) is 0 Å². The van der Waals surface area contributed by atoms with E-state index in [4.69, 9.17) is 5.26 Å². The Morgan fingerprint density at radius 2 is 2.25 bits per heavy atom. The molecular formula is C15H20N4O4S. The third-order valence-electron chi connectivity index (χ3n) is 3.98. The minimum Gasteiger partial charge on any atom is -0.378 e. The summed E-state index contributed by atoms with van der Waals surface area (Å²) in [4.78, 5) is 10.6. The van der Waals surface area contributed by atoms with E-state index in [0.29, 0.717) is 13.1 Å². The molecule has 1 heterocycles. The minimum atomic E-state index is -3.74. The van der Waals surface area contributed by atoms with Crippen LogP contribution in [-0.2, 0) is 10.0 Å². The van der Waals surface area contributed by atoms with Gasteiger partial charge in [0.2, 0.25) is 10.0 Å². The molecule has 9 heteroatoms. The Bertz CT molecular complexity index is 757. The topological polar surface area (TPSA) is 116 Å². The molecule has 1 saturated heterocycles. The molecule has 0 saturated carbocycles. The van der Waals surface area contributed by atoms with Crippen LogP contribution < -0.4 is 5.32 Å². The van der Waals surface area contributed by atoms with Crippen LogP contribution >= 0.6 is 0 Å². The number of anilines is 1. The van der Waals surface area contributed by atoms with Gasteiger partial charge in [-0.2, -0.15) is 9.57 Å². The fourth-order valence-corrected chi connectivity index (χ4v) is 4.36. The Morgan fingerprint density at radius 1 is 1.50 bits per heavy atom. The fourth-order valence-electron chi connectivity index (χ4n) is 2.74. The number of nitro benzene ring substituents is 1. The lowest BCUT2D eigenvalue weighted by atomic mass is 10.0. The van der Waals surface area contributed by atoms with Crippen LogP contribution in [-0.4, -0.2) is 37.3 Å². The second-order valence-corrected chi connectivity index (χ2v) is 7.82. The summed E-state index contributed by atoms with van der Waals surface area (Å²) in [5.41, 5.74) is -0.0970. The van der Waals surface area contributed by atoms with Gasteiger partial charge in [0.05, 0.1) is 22.3 Å². The van der Waals surface area contributed by atoms with E-state index >= 15 is 0 Å². The lowest BCUT2D eigenvalue weighted by Crippen LogP contribution is -2.39. The van der Waals surface area contributed by atoms with Crippen LogP contribution in [0.2, 0.25) is 0 Å². The monoisotopic (exact) mass is 352 g/mol. The number of nitriles is 1. The normalized spacial score (nSPS) is 18.8. The first-order valence-electron chi connectivity index (χ1n) is 7.75. The number of rotatable bonds is 6. The molecule has 1 aromatic carbocycles. The molecule has 1 aliphatic rings. The van der Waals surface area contributed by atoms with Gasteiger partial charge in [-0.15, -0.1) is 0 Å². The van der Waals surface area contributed by atoms with E-state index in [-0.39, 0.29) is 35.2 Å². The Morgan fingerprint density at radius 3 is 2.88 bits per heavy atom. The number of nitrogens with zero attached hydrogens (tertiary/aromatic N) is 3. The highest BCUT2D eigenvalue weighted by Crippen LogP contribution is 2.30. The van der Waals surface area contributed by atoms with Gasteiger partial charge in [-0.3, -0.25) is 10.1 Å². The van der Waals surface area contributed by atoms with Gasteiger partial charge in [0.1, 0.15) is 5.69 Å². The van der Waals surface area contributed by atoms with Crippen LogP contribution in [0.3, 0.4) is 0 Å². The van der Waals surface area contributed by atoms with E-state index in [1.807, 2.05) is 13.0 Å². The molecule has 1 fully saturated rings. The summed E-state index contributed by atoms with van der Waals surface area (Å²) in [6, 6.07) is 5.78. The lowest BCUT2D eigenvalue weighted by Gasteiger charge is -2.30. The Balaban J connectivity index is 2.31. The molecule has 0 amide bonds. The second-order valence-electron chi connectivity index (χ2n) is 5.88. The number of hydrogen-bond donors (Lipinski definition) is 1. The van der Waals surface area contributed by atoms with Gasteiger partial charge in [0, 0.05) is 25.7 Å². The van der Waals surface area contributed by atoms with Crippen molar-refractivity contribution in [3.63, 3.8) is 0 Å². The zero-order valence-corrected chi connectivity index (χ0v) is 14.3. The van der Waals surface area contributed by atoms with E-state index in [1.165, 1.54) is 16.4 Å². The molecular weight excluding hydrogens is 332 g/mol. The summed E-state index contributed by atoms with van der Waals surface area (Å²) >= 11 is 0. The summed E-state index contributed by atoms with van der Waals surface area (Å²) in [5.74, 6) is 0.274. The molecule has 0 aromatic heterocycles. The maximum Gasteiger partial charge on any atom is 0.293 e. The zero-order chi connectivity index (χ0) is 17.7. The average Bonchev–Trinajstić information content (AvgIpc) is 2.55. The first-order valence-corrected chi connectivity index (χ1v) is 9.19. The largest absolute Gasteiger partial charge is 0.378 e. The smallest absolute Gasteiger partial charge is 0.293 e. The summed E-state index contributed by atoms with van der Waals surface area (Å²) in [5, 5.41) is 22.6. The van der Waals surface area contributed by atoms with Crippen LogP contribution in [0.15, 0.2) is 23.1 Å². The van der Waals surface area contributed by atoms with Crippen molar-refractivity contribution in [2.24, 2.45) is 5.92 Å². The fraction of sp³-hybridized carbons (Fsp3) is 0.533. The van der Waals surface area contributed by atoms with E-state index in [0.717, 1.165) is 18.9 Å². The van der Waals surface area contributed by atoms with Crippen molar-refractivity contribution >= 4 is 21.4 Å². The zero-order valence-electron chi connectivity index (χ0n) is 13.4. The van der Waals surface area contributed by atoms with E-state index in [2.05, 4.69) is 5.32 Å². The number of benzene rings is 1. The number of piperidine rings is 1. The molecule has 1 atom stereocenters. The number of nitrogens with one attached hydrogen (secondary N) is 1. The van der Waals surface area contributed by atoms with Crippen LogP contribution in [0.4, 0.5) is 11.4 Å². The third kappa shape index (κ3) is 4.01. The highest BCUT2D eigenvalue weighted by molar-refractivity contribution is 7.89. The van der Waals surface area contributed by atoms with E-state index in [1.54, 1.807) is 0 Å². The number of hydrogen-bond acceptors (Lipinski definition) is 6. The first kappa shape index (κ1) is 18.2. The van der Waals surface area contributed by atoms with Gasteiger partial charge < -0.3 is 5.32 Å². The van der Waals surface area contributed by atoms with Crippen molar-refractivity contribution in [2.45, 2.75) is 31.1 Å². The molecule has 0 aliphatic carbocycles. The number of nitro groups is 1.